The van der Waals surface area contributed by atoms with E-state index >= 15 is 0 Å². The van der Waals surface area contributed by atoms with Crippen molar-refractivity contribution >= 4 is 11.6 Å². The van der Waals surface area contributed by atoms with Gasteiger partial charge in [-0.15, -0.1) is 0 Å². The molecular formula is C36H48O2. The van der Waals surface area contributed by atoms with Gasteiger partial charge in [-0.1, -0.05) is 130 Å². The Morgan fingerprint density at radius 3 is 1.66 bits per heavy atom. The number of carbonyl (C=O) groups excluding carboxylic acids is 2. The lowest BCUT2D eigenvalue weighted by molar-refractivity contribution is -0.120. The van der Waals surface area contributed by atoms with E-state index in [9.17, 15) is 9.59 Å². The molecule has 0 saturated carbocycles. The van der Waals surface area contributed by atoms with Crippen LogP contribution in [0.3, 0.4) is 0 Å². The van der Waals surface area contributed by atoms with Crippen LogP contribution in [0, 0.1) is 12.8 Å². The molecule has 0 fully saturated rings. The van der Waals surface area contributed by atoms with Crippen molar-refractivity contribution in [2.45, 2.75) is 86.0 Å². The van der Waals surface area contributed by atoms with Crippen LogP contribution >= 0.6 is 0 Å². The van der Waals surface area contributed by atoms with Gasteiger partial charge in [-0.05, 0) is 69.6 Å². The summed E-state index contributed by atoms with van der Waals surface area (Å²) in [5.74, 6) is 0.938. The van der Waals surface area contributed by atoms with Crippen molar-refractivity contribution in [3.63, 3.8) is 0 Å². The molecule has 3 aromatic rings. The molecule has 0 spiro atoms. The van der Waals surface area contributed by atoms with Gasteiger partial charge in [0.25, 0.3) is 0 Å². The van der Waals surface area contributed by atoms with Gasteiger partial charge >= 0.3 is 0 Å². The largest absolute Gasteiger partial charge is 0.300 e. The highest BCUT2D eigenvalue weighted by molar-refractivity contribution is 5.86. The number of Topliss-reactive ketones (excluding diaryl/α,β-unsaturated/α-hetero) is 2. The molecule has 3 atom stereocenters. The third kappa shape index (κ3) is 12.8. The minimum atomic E-state index is -0.138. The van der Waals surface area contributed by atoms with E-state index < -0.39 is 0 Å². The number of ketones is 2. The Kier molecular flexibility index (Phi) is 15.6. The van der Waals surface area contributed by atoms with Crippen molar-refractivity contribution in [1.29, 1.82) is 0 Å². The van der Waals surface area contributed by atoms with E-state index in [0.717, 1.165) is 17.6 Å². The van der Waals surface area contributed by atoms with E-state index in [1.54, 1.807) is 13.8 Å². The Labute approximate surface area is 232 Å². The fourth-order valence-corrected chi connectivity index (χ4v) is 4.26. The number of benzene rings is 3. The van der Waals surface area contributed by atoms with Crippen LogP contribution in [0.5, 0.6) is 0 Å². The Morgan fingerprint density at radius 1 is 0.737 bits per heavy atom. The zero-order chi connectivity index (χ0) is 28.5. The average molecular weight is 513 g/mol. The second kappa shape index (κ2) is 18.1. The van der Waals surface area contributed by atoms with Crippen molar-refractivity contribution < 1.29 is 9.59 Å². The molecule has 0 heterocycles. The summed E-state index contributed by atoms with van der Waals surface area (Å²) in [7, 11) is 0. The second-order valence-corrected chi connectivity index (χ2v) is 10.4. The van der Waals surface area contributed by atoms with Gasteiger partial charge in [-0.3, -0.25) is 9.59 Å². The molecule has 0 amide bonds. The first-order valence-corrected chi connectivity index (χ1v) is 13.9. The van der Waals surface area contributed by atoms with E-state index in [4.69, 9.17) is 0 Å². The predicted molar refractivity (Wildman–Crippen MR) is 164 cm³/mol. The maximum absolute atomic E-state index is 11.3. The van der Waals surface area contributed by atoms with Gasteiger partial charge in [0.2, 0.25) is 0 Å². The van der Waals surface area contributed by atoms with E-state index in [1.807, 2.05) is 62.4 Å². The topological polar surface area (TPSA) is 34.1 Å². The summed E-state index contributed by atoms with van der Waals surface area (Å²) in [5.41, 5.74) is 6.07. The van der Waals surface area contributed by atoms with Crippen LogP contribution in [0.15, 0.2) is 97.1 Å². The van der Waals surface area contributed by atoms with Crippen LogP contribution < -0.4 is 0 Å². The molecule has 204 valence electrons. The monoisotopic (exact) mass is 512 g/mol. The molecule has 2 nitrogen and oxygen atoms in total. The number of allylic oxidation sites excluding steroid dienone is 1. The van der Waals surface area contributed by atoms with Crippen molar-refractivity contribution in [3.05, 3.63) is 119 Å². The molecule has 0 radical (unpaired) electrons. The van der Waals surface area contributed by atoms with Crippen LogP contribution in [0.2, 0.25) is 0 Å². The standard InChI is InChI=1S/C13H18O.C12H14O.C11H16/c1-10(12(3)14)9-11(2)13-7-5-4-6-8-13;1-9(2)12(10(3)13)11-7-5-4-6-8-11;1-3-4-5-11-8-6-10(2)7-9-11/h4-8,10-11H,9H2,1-3H3;4-8,12H,1H2,2-3H3;6-9H,3-5H2,1-2H3/t10?,11-;;/m1../s1. The predicted octanol–water partition coefficient (Wildman–Crippen LogP) is 9.68. The van der Waals surface area contributed by atoms with Crippen LogP contribution in [0.4, 0.5) is 0 Å². The minimum Gasteiger partial charge on any atom is -0.300 e. The molecule has 2 heteroatoms. The summed E-state index contributed by atoms with van der Waals surface area (Å²) in [6.07, 6.45) is 4.77. The summed E-state index contributed by atoms with van der Waals surface area (Å²) < 4.78 is 0. The zero-order valence-electron chi connectivity index (χ0n) is 24.7. The maximum atomic E-state index is 11.3. The molecule has 3 aromatic carbocycles. The van der Waals surface area contributed by atoms with Gasteiger partial charge in [0.05, 0.1) is 5.92 Å². The quantitative estimate of drug-likeness (QED) is 0.253. The minimum absolute atomic E-state index is 0.138. The number of rotatable bonds is 10. The molecule has 0 aliphatic carbocycles. The molecule has 0 aliphatic rings. The summed E-state index contributed by atoms with van der Waals surface area (Å²) in [5, 5.41) is 0. The average Bonchev–Trinajstić information content (AvgIpc) is 2.90. The van der Waals surface area contributed by atoms with Crippen molar-refractivity contribution in [2.75, 3.05) is 0 Å². The second-order valence-electron chi connectivity index (χ2n) is 10.4. The van der Waals surface area contributed by atoms with Crippen LogP contribution in [0.1, 0.15) is 94.9 Å². The molecule has 0 saturated heterocycles. The lowest BCUT2D eigenvalue weighted by Gasteiger charge is -2.15. The highest BCUT2D eigenvalue weighted by Crippen LogP contribution is 2.24. The van der Waals surface area contributed by atoms with Gasteiger partial charge in [0.15, 0.2) is 0 Å². The Bertz CT molecular complexity index is 1070. The highest BCUT2D eigenvalue weighted by Gasteiger charge is 2.16. The molecule has 3 rings (SSSR count). The van der Waals surface area contributed by atoms with Crippen LogP contribution in [-0.4, -0.2) is 11.6 Å². The van der Waals surface area contributed by atoms with Crippen LogP contribution in [-0.2, 0) is 16.0 Å². The fraction of sp³-hybridized carbons (Fsp3) is 0.389. The molecule has 38 heavy (non-hydrogen) atoms. The Balaban J connectivity index is 0.000000287. The lowest BCUT2D eigenvalue weighted by Crippen LogP contribution is -2.09. The Hall–Kier alpha value is -3.26. The van der Waals surface area contributed by atoms with E-state index in [-0.39, 0.29) is 23.4 Å². The van der Waals surface area contributed by atoms with Gasteiger partial charge in [-0.25, -0.2) is 0 Å². The molecule has 0 bridgehead atoms. The SMILES string of the molecule is C=C(C)C(C(C)=O)c1ccccc1.CC(=O)C(C)C[C@@H](C)c1ccccc1.CCCCc1ccc(C)cc1. The fourth-order valence-electron chi connectivity index (χ4n) is 4.26. The molecule has 0 aromatic heterocycles. The normalized spacial score (nSPS) is 12.5. The molecule has 2 unspecified atom stereocenters. The van der Waals surface area contributed by atoms with E-state index in [0.29, 0.717) is 5.92 Å². The summed E-state index contributed by atoms with van der Waals surface area (Å²) in [6, 6.07) is 28.9. The number of hydrogen-bond donors (Lipinski definition) is 0. The van der Waals surface area contributed by atoms with E-state index in [1.165, 1.54) is 36.0 Å². The zero-order valence-corrected chi connectivity index (χ0v) is 24.7. The maximum Gasteiger partial charge on any atom is 0.141 e. The number of hydrogen-bond acceptors (Lipinski definition) is 2. The molecule has 0 aliphatic heterocycles. The van der Waals surface area contributed by atoms with Crippen LogP contribution in [0.25, 0.3) is 0 Å². The first-order valence-electron chi connectivity index (χ1n) is 13.9. The lowest BCUT2D eigenvalue weighted by atomic mass is 9.89. The van der Waals surface area contributed by atoms with Crippen molar-refractivity contribution in [1.82, 2.24) is 0 Å². The summed E-state index contributed by atoms with van der Waals surface area (Å²) in [6.45, 7) is 17.5. The van der Waals surface area contributed by atoms with Gasteiger partial charge in [-0.2, -0.15) is 0 Å². The van der Waals surface area contributed by atoms with Crippen molar-refractivity contribution in [3.8, 4) is 0 Å². The van der Waals surface area contributed by atoms with Gasteiger partial charge in [0.1, 0.15) is 11.6 Å². The van der Waals surface area contributed by atoms with E-state index in [2.05, 4.69) is 63.7 Å². The number of unbranched alkanes of at least 4 members (excludes halogenated alkanes) is 1. The first kappa shape index (κ1) is 32.8. The number of aryl methyl sites for hydroxylation is 2. The number of carbonyl (C=O) groups is 2. The summed E-state index contributed by atoms with van der Waals surface area (Å²) >= 11 is 0. The third-order valence-corrected chi connectivity index (χ3v) is 6.74. The molecule has 0 N–H and O–H groups in total. The smallest absolute Gasteiger partial charge is 0.141 e. The van der Waals surface area contributed by atoms with Gasteiger partial charge < -0.3 is 0 Å². The summed E-state index contributed by atoms with van der Waals surface area (Å²) in [4.78, 5) is 22.4. The van der Waals surface area contributed by atoms with Crippen molar-refractivity contribution in [2.24, 2.45) is 5.92 Å². The van der Waals surface area contributed by atoms with Gasteiger partial charge in [0, 0.05) is 5.92 Å². The highest BCUT2D eigenvalue weighted by atomic mass is 16.1. The Morgan fingerprint density at radius 2 is 1.24 bits per heavy atom. The molecular weight excluding hydrogens is 464 g/mol. The third-order valence-electron chi connectivity index (χ3n) is 6.74. The first-order chi connectivity index (χ1) is 18.1.